The Bertz CT molecular complexity index is 918. The van der Waals surface area contributed by atoms with E-state index in [1.165, 1.54) is 0 Å². The van der Waals surface area contributed by atoms with E-state index < -0.39 is 0 Å². The summed E-state index contributed by atoms with van der Waals surface area (Å²) < 4.78 is 0. The van der Waals surface area contributed by atoms with Crippen LogP contribution in [0.4, 0.5) is 0 Å². The van der Waals surface area contributed by atoms with Gasteiger partial charge in [-0.15, -0.1) is 0 Å². The first-order chi connectivity index (χ1) is 15.0. The normalized spacial score (nSPS) is 19.7. The van der Waals surface area contributed by atoms with Crippen molar-refractivity contribution in [1.29, 1.82) is 0 Å². The van der Waals surface area contributed by atoms with Crippen LogP contribution in [-0.4, -0.2) is 34.7 Å². The van der Waals surface area contributed by atoms with Crippen LogP contribution in [0.25, 0.3) is 0 Å². The fraction of sp³-hybridized carbons (Fsp3) is 0.500. The van der Waals surface area contributed by atoms with Gasteiger partial charge in [-0.3, -0.25) is 9.98 Å². The van der Waals surface area contributed by atoms with Crippen molar-refractivity contribution in [2.45, 2.75) is 90.1 Å². The van der Waals surface area contributed by atoms with Crippen LogP contribution in [0, 0.1) is 0 Å². The molecule has 1 aliphatic rings. The van der Waals surface area contributed by atoms with Crippen LogP contribution in [0.2, 0.25) is 0 Å². The zero-order chi connectivity index (χ0) is 23.5. The van der Waals surface area contributed by atoms with Crippen molar-refractivity contribution >= 4 is 12.4 Å². The van der Waals surface area contributed by atoms with Crippen LogP contribution in [0.1, 0.15) is 89.5 Å². The summed E-state index contributed by atoms with van der Waals surface area (Å²) in [7, 11) is 0. The second-order valence-corrected chi connectivity index (χ2v) is 11.0. The van der Waals surface area contributed by atoms with Gasteiger partial charge in [-0.25, -0.2) is 0 Å². The molecule has 0 heterocycles. The van der Waals surface area contributed by atoms with Gasteiger partial charge in [0.25, 0.3) is 0 Å². The second-order valence-electron chi connectivity index (χ2n) is 11.0. The average molecular weight is 494 g/mol. The molecule has 1 saturated carbocycles. The zero-order valence-electron chi connectivity index (χ0n) is 20.7. The van der Waals surface area contributed by atoms with E-state index in [4.69, 9.17) is 9.98 Å². The number of phenols is 2. The molecule has 2 N–H and O–H groups in total. The van der Waals surface area contributed by atoms with Crippen molar-refractivity contribution in [3.8, 4) is 11.5 Å². The molecule has 2 aromatic carbocycles. The minimum atomic E-state index is -0.130. The maximum Gasteiger partial charge on any atom is 0.128 e. The van der Waals surface area contributed by atoms with Crippen LogP contribution in [0.3, 0.4) is 0 Å². The summed E-state index contributed by atoms with van der Waals surface area (Å²) in [4.78, 5) is 9.70. The molecule has 1 aliphatic carbocycles. The fourth-order valence-electron chi connectivity index (χ4n) is 4.33. The molecule has 2 atom stereocenters. The minimum Gasteiger partial charge on any atom is -0.507 e. The van der Waals surface area contributed by atoms with Gasteiger partial charge >= 0.3 is 0 Å². The van der Waals surface area contributed by atoms with Crippen molar-refractivity contribution in [2.75, 3.05) is 0 Å². The summed E-state index contributed by atoms with van der Waals surface area (Å²) in [6.45, 7) is 12.6. The van der Waals surface area contributed by atoms with Gasteiger partial charge in [0.2, 0.25) is 0 Å². The van der Waals surface area contributed by atoms with Gasteiger partial charge in [-0.1, -0.05) is 78.6 Å². The van der Waals surface area contributed by atoms with Gasteiger partial charge in [0.05, 0.1) is 12.1 Å². The van der Waals surface area contributed by atoms with Crippen LogP contribution < -0.4 is 0 Å². The number of benzene rings is 2. The Hall–Kier alpha value is -2.11. The molecule has 1 fully saturated rings. The molecule has 0 bridgehead atoms. The van der Waals surface area contributed by atoms with Crippen molar-refractivity contribution in [3.63, 3.8) is 0 Å². The molecule has 0 aromatic heterocycles. The summed E-state index contributed by atoms with van der Waals surface area (Å²) in [5, 5.41) is 21.5. The first-order valence-electron chi connectivity index (χ1n) is 11.7. The molecule has 3 rings (SSSR count). The number of phenolic OH excluding ortho intramolecular Hbond substituents is 2. The molecule has 0 unspecified atom stereocenters. The maximum atomic E-state index is 10.7. The molecule has 2 aromatic rings. The molecule has 181 valence electrons. The van der Waals surface area contributed by atoms with E-state index in [2.05, 4.69) is 41.5 Å². The van der Waals surface area contributed by atoms with E-state index >= 15 is 0 Å². The van der Waals surface area contributed by atoms with Crippen molar-refractivity contribution < 1.29 is 27.0 Å². The quantitative estimate of drug-likeness (QED) is 0.475. The van der Waals surface area contributed by atoms with Gasteiger partial charge in [-0.2, -0.15) is 0 Å². The Balaban J connectivity index is 0.00000385. The van der Waals surface area contributed by atoms with Gasteiger partial charge in [-0.05, 0) is 46.9 Å². The first kappa shape index (κ1) is 27.1. The molecule has 0 saturated heterocycles. The van der Waals surface area contributed by atoms with Crippen molar-refractivity contribution in [1.82, 2.24) is 0 Å². The maximum absolute atomic E-state index is 10.7. The van der Waals surface area contributed by atoms with E-state index in [1.54, 1.807) is 12.4 Å². The van der Waals surface area contributed by atoms with Crippen LogP contribution in [-0.2, 0) is 27.6 Å². The molecule has 4 nitrogen and oxygen atoms in total. The van der Waals surface area contributed by atoms with Gasteiger partial charge in [0.15, 0.2) is 0 Å². The third-order valence-corrected chi connectivity index (χ3v) is 6.25. The zero-order valence-corrected chi connectivity index (χ0v) is 21.8. The Morgan fingerprint density at radius 1 is 0.697 bits per heavy atom. The Morgan fingerprint density at radius 2 is 1.06 bits per heavy atom. The number of aliphatic imine (C=N–C) groups is 2. The second kappa shape index (κ2) is 10.9. The molecule has 0 amide bonds. The molecule has 33 heavy (non-hydrogen) atoms. The van der Waals surface area contributed by atoms with E-state index in [9.17, 15) is 10.2 Å². The van der Waals surface area contributed by atoms with E-state index in [0.717, 1.165) is 47.9 Å². The van der Waals surface area contributed by atoms with Gasteiger partial charge in [0, 0.05) is 40.3 Å². The predicted octanol–water partition coefficient (Wildman–Crippen LogP) is 6.54. The summed E-state index contributed by atoms with van der Waals surface area (Å²) in [5.41, 5.74) is 3.09. The Kier molecular flexibility index (Phi) is 8.94. The average Bonchev–Trinajstić information content (AvgIpc) is 2.71. The largest absolute Gasteiger partial charge is 0.507 e. The van der Waals surface area contributed by atoms with Crippen LogP contribution >= 0.6 is 0 Å². The number of hydrogen-bond donors (Lipinski definition) is 2. The SMILES string of the molecule is CC(C)(C)c1cccc(C=N[C@@H]2CCCC[C@H]2N=Cc2cccc(C(C)(C)C)c2O)c1O.[Co]. The van der Waals surface area contributed by atoms with E-state index in [0.29, 0.717) is 11.5 Å². The summed E-state index contributed by atoms with van der Waals surface area (Å²) in [5.74, 6) is 0.618. The molecule has 0 spiro atoms. The number of aromatic hydroxyl groups is 2. The van der Waals surface area contributed by atoms with Crippen LogP contribution in [0.15, 0.2) is 46.4 Å². The first-order valence-corrected chi connectivity index (χ1v) is 11.7. The molecule has 5 heteroatoms. The molecular weight excluding hydrogens is 455 g/mol. The van der Waals surface area contributed by atoms with E-state index in [-0.39, 0.29) is 39.7 Å². The number of rotatable bonds is 4. The number of nitrogens with zero attached hydrogens (tertiary/aromatic N) is 2. The number of hydrogen-bond acceptors (Lipinski definition) is 4. The third kappa shape index (κ3) is 6.70. The monoisotopic (exact) mass is 493 g/mol. The molecule has 0 aliphatic heterocycles. The smallest absolute Gasteiger partial charge is 0.128 e. The summed E-state index contributed by atoms with van der Waals surface area (Å²) in [6.07, 6.45) is 7.83. The fourth-order valence-corrected chi connectivity index (χ4v) is 4.33. The Labute approximate surface area is 209 Å². The standard InChI is InChI=1S/C28H38N2O2.Co/c1-27(2,3)21-13-9-11-19(25(21)31)17-29-23-15-7-8-16-24(23)30-18-20-12-10-14-22(26(20)32)28(4,5)6;/h9-14,17-18,23-24,31-32H,7-8,15-16H2,1-6H3;/t23-,24-;/m1./s1. The van der Waals surface area contributed by atoms with Crippen molar-refractivity contribution in [2.24, 2.45) is 9.98 Å². The van der Waals surface area contributed by atoms with Gasteiger partial charge in [0.1, 0.15) is 11.5 Å². The summed E-state index contributed by atoms with van der Waals surface area (Å²) >= 11 is 0. The number of para-hydroxylation sites is 2. The predicted molar refractivity (Wildman–Crippen MR) is 135 cm³/mol. The Morgan fingerprint density at radius 3 is 1.39 bits per heavy atom. The molecule has 1 radical (unpaired) electrons. The third-order valence-electron chi connectivity index (χ3n) is 6.25. The summed E-state index contributed by atoms with van der Waals surface area (Å²) in [6, 6.07) is 11.9. The van der Waals surface area contributed by atoms with Crippen LogP contribution in [0.5, 0.6) is 11.5 Å². The van der Waals surface area contributed by atoms with Crippen molar-refractivity contribution in [3.05, 3.63) is 58.7 Å². The topological polar surface area (TPSA) is 65.2 Å². The van der Waals surface area contributed by atoms with Gasteiger partial charge < -0.3 is 10.2 Å². The molecular formula is C28H38CoN2O2. The minimum absolute atomic E-state index is 0. The van der Waals surface area contributed by atoms with E-state index in [1.807, 2.05) is 36.4 Å².